The van der Waals surface area contributed by atoms with Crippen LogP contribution in [0, 0.1) is 0 Å². The fraction of sp³-hybridized carbons (Fsp3) is 0.200. The van der Waals surface area contributed by atoms with Gasteiger partial charge in [0, 0.05) is 22.8 Å². The van der Waals surface area contributed by atoms with E-state index in [1.165, 1.54) is 0 Å². The summed E-state index contributed by atoms with van der Waals surface area (Å²) in [6.07, 6.45) is 0. The summed E-state index contributed by atoms with van der Waals surface area (Å²) in [5.41, 5.74) is 7.88. The van der Waals surface area contributed by atoms with Gasteiger partial charge in [-0.25, -0.2) is 0 Å². The number of methoxy groups -OCH3 is 1. The summed E-state index contributed by atoms with van der Waals surface area (Å²) in [6.45, 7) is 0.475. The molecule has 2 aromatic carbocycles. The Morgan fingerprint density at radius 2 is 1.84 bits per heavy atom. The Morgan fingerprint density at radius 1 is 1.16 bits per heavy atom. The van der Waals surface area contributed by atoms with E-state index < -0.39 is 0 Å². The standard InChI is InChI=1S/C15H17ClN2O/c1-19-15-5-3-2-4-13(15)14(10-17)18-12-8-6-11(16)7-9-12/h2-9,14,18H,10,17H2,1H3. The highest BCUT2D eigenvalue weighted by atomic mass is 35.5. The van der Waals surface area contributed by atoms with Crippen LogP contribution in [0.5, 0.6) is 5.75 Å². The van der Waals surface area contributed by atoms with Gasteiger partial charge in [-0.15, -0.1) is 0 Å². The molecule has 0 heterocycles. The Kier molecular flexibility index (Phi) is 4.66. The lowest BCUT2D eigenvalue weighted by Gasteiger charge is -2.20. The van der Waals surface area contributed by atoms with Crippen molar-refractivity contribution >= 4 is 17.3 Å². The number of nitrogens with two attached hydrogens (primary N) is 1. The summed E-state index contributed by atoms with van der Waals surface area (Å²) in [5, 5.41) is 4.10. The van der Waals surface area contributed by atoms with E-state index in [1.54, 1.807) is 7.11 Å². The first kappa shape index (κ1) is 13.7. The van der Waals surface area contributed by atoms with Crippen molar-refractivity contribution in [3.05, 3.63) is 59.1 Å². The molecule has 0 amide bonds. The zero-order chi connectivity index (χ0) is 13.7. The minimum absolute atomic E-state index is 0.00248. The summed E-state index contributed by atoms with van der Waals surface area (Å²) in [5.74, 6) is 0.833. The van der Waals surface area contributed by atoms with Crippen LogP contribution in [0.25, 0.3) is 0 Å². The number of benzene rings is 2. The molecule has 0 saturated carbocycles. The second kappa shape index (κ2) is 6.45. The monoisotopic (exact) mass is 276 g/mol. The summed E-state index contributed by atoms with van der Waals surface area (Å²) in [7, 11) is 1.66. The lowest BCUT2D eigenvalue weighted by Crippen LogP contribution is -2.21. The smallest absolute Gasteiger partial charge is 0.124 e. The summed E-state index contributed by atoms with van der Waals surface area (Å²) in [6, 6.07) is 15.4. The number of anilines is 1. The van der Waals surface area contributed by atoms with Crippen LogP contribution in [-0.2, 0) is 0 Å². The molecule has 4 heteroatoms. The zero-order valence-electron chi connectivity index (χ0n) is 10.8. The molecule has 0 aliphatic carbocycles. The lowest BCUT2D eigenvalue weighted by atomic mass is 10.1. The average Bonchev–Trinajstić information content (AvgIpc) is 2.46. The van der Waals surface area contributed by atoms with Gasteiger partial charge in [-0.3, -0.25) is 0 Å². The van der Waals surface area contributed by atoms with E-state index in [-0.39, 0.29) is 6.04 Å². The SMILES string of the molecule is COc1ccccc1C(CN)Nc1ccc(Cl)cc1. The second-order valence-corrected chi connectivity index (χ2v) is 4.62. The average molecular weight is 277 g/mol. The van der Waals surface area contributed by atoms with Gasteiger partial charge in [0.1, 0.15) is 5.75 Å². The van der Waals surface area contributed by atoms with Crippen molar-refractivity contribution in [2.45, 2.75) is 6.04 Å². The third-order valence-corrected chi connectivity index (χ3v) is 3.19. The van der Waals surface area contributed by atoms with Crippen LogP contribution in [0.15, 0.2) is 48.5 Å². The Morgan fingerprint density at radius 3 is 2.47 bits per heavy atom. The molecule has 0 saturated heterocycles. The van der Waals surface area contributed by atoms with Gasteiger partial charge in [-0.2, -0.15) is 0 Å². The molecule has 1 atom stereocenters. The zero-order valence-corrected chi connectivity index (χ0v) is 11.5. The van der Waals surface area contributed by atoms with Crippen molar-refractivity contribution in [1.82, 2.24) is 0 Å². The number of halogens is 1. The van der Waals surface area contributed by atoms with Gasteiger partial charge in [0.05, 0.1) is 13.2 Å². The summed E-state index contributed by atoms with van der Waals surface area (Å²) in [4.78, 5) is 0. The first-order valence-corrected chi connectivity index (χ1v) is 6.47. The van der Waals surface area contributed by atoms with E-state index in [1.807, 2.05) is 48.5 Å². The van der Waals surface area contributed by atoms with Crippen LogP contribution in [0.3, 0.4) is 0 Å². The largest absolute Gasteiger partial charge is 0.496 e. The van der Waals surface area contributed by atoms with Crippen molar-refractivity contribution < 1.29 is 4.74 Å². The molecule has 0 aliphatic heterocycles. The Labute approximate surface area is 118 Å². The summed E-state index contributed by atoms with van der Waals surface area (Å²) >= 11 is 5.87. The molecule has 0 fully saturated rings. The van der Waals surface area contributed by atoms with E-state index in [2.05, 4.69) is 5.32 Å². The molecule has 19 heavy (non-hydrogen) atoms. The van der Waals surface area contributed by atoms with Crippen molar-refractivity contribution in [3.8, 4) is 5.75 Å². The highest BCUT2D eigenvalue weighted by Gasteiger charge is 2.13. The van der Waals surface area contributed by atoms with Gasteiger partial charge in [0.25, 0.3) is 0 Å². The summed E-state index contributed by atoms with van der Waals surface area (Å²) < 4.78 is 5.37. The molecule has 2 aromatic rings. The number of hydrogen-bond donors (Lipinski definition) is 2. The van der Waals surface area contributed by atoms with Crippen molar-refractivity contribution in [1.29, 1.82) is 0 Å². The molecule has 0 aromatic heterocycles. The molecule has 0 spiro atoms. The van der Waals surface area contributed by atoms with E-state index in [0.717, 1.165) is 17.0 Å². The number of hydrogen-bond acceptors (Lipinski definition) is 3. The van der Waals surface area contributed by atoms with E-state index in [4.69, 9.17) is 22.1 Å². The fourth-order valence-corrected chi connectivity index (χ4v) is 2.09. The van der Waals surface area contributed by atoms with Gasteiger partial charge < -0.3 is 15.8 Å². The topological polar surface area (TPSA) is 47.3 Å². The van der Waals surface area contributed by atoms with Crippen LogP contribution in [0.1, 0.15) is 11.6 Å². The molecular formula is C15H17ClN2O. The molecule has 0 bridgehead atoms. The molecule has 3 N–H and O–H groups in total. The quantitative estimate of drug-likeness (QED) is 0.879. The Bertz CT molecular complexity index is 528. The maximum Gasteiger partial charge on any atom is 0.124 e. The highest BCUT2D eigenvalue weighted by Crippen LogP contribution is 2.27. The molecular weight excluding hydrogens is 260 g/mol. The van der Waals surface area contributed by atoms with Gasteiger partial charge >= 0.3 is 0 Å². The van der Waals surface area contributed by atoms with Crippen LogP contribution in [0.2, 0.25) is 5.02 Å². The Balaban J connectivity index is 2.22. The number of para-hydroxylation sites is 1. The first-order chi connectivity index (χ1) is 9.24. The van der Waals surface area contributed by atoms with E-state index >= 15 is 0 Å². The van der Waals surface area contributed by atoms with Crippen LogP contribution in [0.4, 0.5) is 5.69 Å². The van der Waals surface area contributed by atoms with Crippen molar-refractivity contribution in [2.24, 2.45) is 5.73 Å². The predicted octanol–water partition coefficient (Wildman–Crippen LogP) is 3.46. The minimum Gasteiger partial charge on any atom is -0.496 e. The van der Waals surface area contributed by atoms with E-state index in [9.17, 15) is 0 Å². The van der Waals surface area contributed by atoms with Crippen LogP contribution < -0.4 is 15.8 Å². The molecule has 2 rings (SSSR count). The predicted molar refractivity (Wildman–Crippen MR) is 79.9 cm³/mol. The minimum atomic E-state index is -0.00248. The first-order valence-electron chi connectivity index (χ1n) is 6.09. The van der Waals surface area contributed by atoms with Gasteiger partial charge in [0.15, 0.2) is 0 Å². The molecule has 0 aliphatic rings. The molecule has 100 valence electrons. The fourth-order valence-electron chi connectivity index (χ4n) is 1.97. The maximum atomic E-state index is 5.87. The van der Waals surface area contributed by atoms with Crippen LogP contribution >= 0.6 is 11.6 Å². The van der Waals surface area contributed by atoms with Gasteiger partial charge in [-0.05, 0) is 30.3 Å². The molecule has 3 nitrogen and oxygen atoms in total. The van der Waals surface area contributed by atoms with Crippen molar-refractivity contribution in [2.75, 3.05) is 19.0 Å². The highest BCUT2D eigenvalue weighted by molar-refractivity contribution is 6.30. The molecule has 1 unspecified atom stereocenters. The lowest BCUT2D eigenvalue weighted by molar-refractivity contribution is 0.407. The third kappa shape index (κ3) is 3.40. The van der Waals surface area contributed by atoms with Gasteiger partial charge in [-0.1, -0.05) is 29.8 Å². The number of ether oxygens (including phenoxy) is 1. The third-order valence-electron chi connectivity index (χ3n) is 2.94. The number of rotatable bonds is 5. The normalized spacial score (nSPS) is 11.9. The Hall–Kier alpha value is -1.71. The van der Waals surface area contributed by atoms with Gasteiger partial charge in [0.2, 0.25) is 0 Å². The second-order valence-electron chi connectivity index (χ2n) is 4.18. The van der Waals surface area contributed by atoms with Crippen LogP contribution in [-0.4, -0.2) is 13.7 Å². The number of nitrogens with one attached hydrogen (secondary N) is 1. The van der Waals surface area contributed by atoms with E-state index in [0.29, 0.717) is 11.6 Å². The molecule has 0 radical (unpaired) electrons. The maximum absolute atomic E-state index is 5.87. The van der Waals surface area contributed by atoms with Crippen molar-refractivity contribution in [3.63, 3.8) is 0 Å².